The average molecular weight is 484 g/mol. The zero-order chi connectivity index (χ0) is 24.7. The third-order valence-corrected chi connectivity index (χ3v) is 5.80. The minimum atomic E-state index is -1.32. The molecule has 1 saturated heterocycles. The molecule has 10 heteroatoms. The highest BCUT2D eigenvalue weighted by Gasteiger charge is 2.37. The summed E-state index contributed by atoms with van der Waals surface area (Å²) in [6, 6.07) is 13.6. The molecule has 1 N–H and O–H groups in total. The Morgan fingerprint density at radius 1 is 1.11 bits per heavy atom. The minimum Gasteiger partial charge on any atom is -0.492 e. The van der Waals surface area contributed by atoms with Gasteiger partial charge in [0.15, 0.2) is 0 Å². The second-order valence-corrected chi connectivity index (χ2v) is 8.78. The molecule has 1 atom stereocenters. The summed E-state index contributed by atoms with van der Waals surface area (Å²) in [6.07, 6.45) is 3.13. The van der Waals surface area contributed by atoms with E-state index in [1.165, 1.54) is 25.4 Å². The van der Waals surface area contributed by atoms with E-state index in [0.29, 0.717) is 45.1 Å². The molecule has 35 heavy (non-hydrogen) atoms. The Hall–Kier alpha value is -3.50. The van der Waals surface area contributed by atoms with Gasteiger partial charge in [-0.25, -0.2) is 14.1 Å². The fourth-order valence-corrected chi connectivity index (χ4v) is 4.11. The van der Waals surface area contributed by atoms with Gasteiger partial charge < -0.3 is 19.5 Å². The Kier molecular flexibility index (Phi) is 7.94. The molecule has 3 aromatic rings. The maximum Gasteiger partial charge on any atom is 0.219 e. The van der Waals surface area contributed by atoms with Crippen LogP contribution in [0.1, 0.15) is 12.5 Å². The molecule has 2 aromatic carbocycles. The van der Waals surface area contributed by atoms with Gasteiger partial charge >= 0.3 is 0 Å². The van der Waals surface area contributed by atoms with Crippen LogP contribution >= 0.6 is 0 Å². The molecule has 1 aromatic heterocycles. The van der Waals surface area contributed by atoms with Crippen molar-refractivity contribution >= 4 is 5.91 Å². The van der Waals surface area contributed by atoms with Crippen molar-refractivity contribution in [3.63, 3.8) is 0 Å². The number of ether oxygens (including phenoxy) is 2. The lowest BCUT2D eigenvalue weighted by molar-refractivity contribution is -0.132. The number of rotatable bonds is 9. The Bertz CT molecular complexity index is 1110. The molecule has 1 aliphatic rings. The van der Waals surface area contributed by atoms with Crippen molar-refractivity contribution in [2.24, 2.45) is 0 Å². The van der Waals surface area contributed by atoms with Crippen LogP contribution in [0, 0.1) is 5.82 Å². The van der Waals surface area contributed by atoms with E-state index in [-0.39, 0.29) is 19.1 Å². The number of nitrogens with zero attached hydrogens (tertiary/aromatic N) is 5. The lowest BCUT2D eigenvalue weighted by Gasteiger charge is -2.32. The first-order valence-corrected chi connectivity index (χ1v) is 11.5. The van der Waals surface area contributed by atoms with Crippen LogP contribution in [-0.2, 0) is 17.9 Å². The first-order chi connectivity index (χ1) is 16.9. The maximum absolute atomic E-state index is 13.5. The first-order valence-electron chi connectivity index (χ1n) is 11.5. The number of carbonyl (C=O) groups is 1. The van der Waals surface area contributed by atoms with E-state index in [1.807, 2.05) is 24.3 Å². The third-order valence-electron chi connectivity index (χ3n) is 5.80. The van der Waals surface area contributed by atoms with Crippen molar-refractivity contribution in [3.05, 3.63) is 72.6 Å². The second kappa shape index (κ2) is 11.3. The largest absolute Gasteiger partial charge is 0.492 e. The van der Waals surface area contributed by atoms with Crippen LogP contribution in [-0.4, -0.2) is 80.6 Å². The molecule has 0 radical (unpaired) electrons. The smallest absolute Gasteiger partial charge is 0.219 e. The van der Waals surface area contributed by atoms with Crippen molar-refractivity contribution in [3.8, 4) is 11.5 Å². The van der Waals surface area contributed by atoms with Gasteiger partial charge in [-0.05, 0) is 29.8 Å². The van der Waals surface area contributed by atoms with Crippen LogP contribution in [0.15, 0.2) is 61.2 Å². The van der Waals surface area contributed by atoms with Gasteiger partial charge in [0.25, 0.3) is 0 Å². The molecule has 1 fully saturated rings. The number of hydrogen-bond acceptors (Lipinski definition) is 7. The third kappa shape index (κ3) is 7.24. The Morgan fingerprint density at radius 2 is 1.91 bits per heavy atom. The zero-order valence-electron chi connectivity index (χ0n) is 19.7. The standard InChI is InChI=1S/C25H30FN5O4/c1-20(32)30-9-8-29(15-25(33,16-30)17-35-24-7-3-5-22(26)13-24)14-21-4-2-6-23(12-21)34-11-10-31-19-27-18-28-31/h2-7,12-13,18-19,33H,8-11,14-17H2,1H3/t25-/m0/s1. The lowest BCUT2D eigenvalue weighted by Crippen LogP contribution is -2.51. The van der Waals surface area contributed by atoms with E-state index < -0.39 is 11.4 Å². The number of amides is 1. The van der Waals surface area contributed by atoms with Crippen molar-refractivity contribution in [2.75, 3.05) is 39.4 Å². The highest BCUT2D eigenvalue weighted by molar-refractivity contribution is 5.73. The summed E-state index contributed by atoms with van der Waals surface area (Å²) in [4.78, 5) is 19.8. The molecule has 2 heterocycles. The Labute approximate surface area is 203 Å². The fraction of sp³-hybridized carbons (Fsp3) is 0.400. The van der Waals surface area contributed by atoms with Crippen molar-refractivity contribution in [1.29, 1.82) is 0 Å². The summed E-state index contributed by atoms with van der Waals surface area (Å²) < 4.78 is 26.8. The van der Waals surface area contributed by atoms with Crippen LogP contribution in [0.5, 0.6) is 11.5 Å². The van der Waals surface area contributed by atoms with Crippen LogP contribution in [0.4, 0.5) is 4.39 Å². The molecule has 1 aliphatic heterocycles. The van der Waals surface area contributed by atoms with E-state index in [0.717, 1.165) is 11.3 Å². The van der Waals surface area contributed by atoms with Gasteiger partial charge in [0, 0.05) is 39.2 Å². The van der Waals surface area contributed by atoms with Crippen LogP contribution < -0.4 is 9.47 Å². The van der Waals surface area contributed by atoms with Gasteiger partial charge in [-0.1, -0.05) is 18.2 Å². The molecule has 1 amide bonds. The Balaban J connectivity index is 1.40. The summed E-state index contributed by atoms with van der Waals surface area (Å²) in [5.74, 6) is 0.552. The summed E-state index contributed by atoms with van der Waals surface area (Å²) in [5, 5.41) is 15.5. The molecule has 0 spiro atoms. The van der Waals surface area contributed by atoms with Gasteiger partial charge in [-0.3, -0.25) is 9.69 Å². The highest BCUT2D eigenvalue weighted by atomic mass is 19.1. The number of β-amino-alcohol motifs (C(OH)–C–C–N with tert-alkyl or cyclic N) is 1. The van der Waals surface area contributed by atoms with Crippen LogP contribution in [0.2, 0.25) is 0 Å². The van der Waals surface area contributed by atoms with Gasteiger partial charge in [-0.15, -0.1) is 0 Å². The molecule has 9 nitrogen and oxygen atoms in total. The van der Waals surface area contributed by atoms with Crippen LogP contribution in [0.3, 0.4) is 0 Å². The van der Waals surface area contributed by atoms with E-state index in [2.05, 4.69) is 15.0 Å². The first kappa shape index (κ1) is 24.6. The molecule has 4 rings (SSSR count). The lowest BCUT2D eigenvalue weighted by atomic mass is 10.0. The quantitative estimate of drug-likeness (QED) is 0.497. The second-order valence-electron chi connectivity index (χ2n) is 8.78. The van der Waals surface area contributed by atoms with Crippen molar-refractivity contribution in [2.45, 2.75) is 25.6 Å². The molecule has 0 unspecified atom stereocenters. The van der Waals surface area contributed by atoms with Gasteiger partial charge in [-0.2, -0.15) is 5.10 Å². The molecule has 0 aliphatic carbocycles. The average Bonchev–Trinajstić information content (AvgIpc) is 3.28. The monoisotopic (exact) mass is 483 g/mol. The summed E-state index contributed by atoms with van der Waals surface area (Å²) in [7, 11) is 0. The molecular formula is C25H30FN5O4. The maximum atomic E-state index is 13.5. The molecule has 186 valence electrons. The summed E-state index contributed by atoms with van der Waals surface area (Å²) in [5.41, 5.74) is -0.298. The number of aliphatic hydroxyl groups is 1. The van der Waals surface area contributed by atoms with E-state index in [1.54, 1.807) is 28.0 Å². The van der Waals surface area contributed by atoms with Crippen molar-refractivity contribution < 1.29 is 23.8 Å². The summed E-state index contributed by atoms with van der Waals surface area (Å²) in [6.45, 7) is 4.56. The molecular weight excluding hydrogens is 453 g/mol. The predicted molar refractivity (Wildman–Crippen MR) is 126 cm³/mol. The SMILES string of the molecule is CC(=O)N1CCN(Cc2cccc(OCCn3cncn3)c2)C[C@@](O)(COc2cccc(F)c2)C1. The van der Waals surface area contributed by atoms with Crippen LogP contribution in [0.25, 0.3) is 0 Å². The molecule has 0 bridgehead atoms. The highest BCUT2D eigenvalue weighted by Crippen LogP contribution is 2.21. The van der Waals surface area contributed by atoms with Gasteiger partial charge in [0.05, 0.1) is 13.1 Å². The van der Waals surface area contributed by atoms with E-state index >= 15 is 0 Å². The molecule has 0 saturated carbocycles. The number of hydrogen-bond donors (Lipinski definition) is 1. The topological polar surface area (TPSA) is 93.0 Å². The number of benzene rings is 2. The van der Waals surface area contributed by atoms with Gasteiger partial charge in [0.1, 0.15) is 48.8 Å². The van der Waals surface area contributed by atoms with E-state index in [9.17, 15) is 14.3 Å². The number of carbonyl (C=O) groups excluding carboxylic acids is 1. The minimum absolute atomic E-state index is 0.0673. The number of aromatic nitrogens is 3. The van der Waals surface area contributed by atoms with Crippen molar-refractivity contribution in [1.82, 2.24) is 24.6 Å². The predicted octanol–water partition coefficient (Wildman–Crippen LogP) is 1.97. The fourth-order valence-electron chi connectivity index (χ4n) is 4.11. The van der Waals surface area contributed by atoms with E-state index in [4.69, 9.17) is 9.47 Å². The normalized spacial score (nSPS) is 18.8. The summed E-state index contributed by atoms with van der Waals surface area (Å²) >= 11 is 0. The Morgan fingerprint density at radius 3 is 2.66 bits per heavy atom. The number of halogens is 1. The zero-order valence-corrected chi connectivity index (χ0v) is 19.7. The van der Waals surface area contributed by atoms with Gasteiger partial charge in [0.2, 0.25) is 5.91 Å².